The summed E-state index contributed by atoms with van der Waals surface area (Å²) in [4.78, 5) is 10.8. The second-order valence-electron chi connectivity index (χ2n) is 4.43. The first-order valence-corrected chi connectivity index (χ1v) is 5.77. The first-order valence-electron chi connectivity index (χ1n) is 5.77. The van der Waals surface area contributed by atoms with E-state index in [9.17, 15) is 18.0 Å². The summed E-state index contributed by atoms with van der Waals surface area (Å²) in [5.41, 5.74) is -0.913. The van der Waals surface area contributed by atoms with E-state index in [1.54, 1.807) is 13.0 Å². The van der Waals surface area contributed by atoms with E-state index in [2.05, 4.69) is 5.32 Å². The van der Waals surface area contributed by atoms with E-state index in [1.807, 2.05) is 0 Å². The number of halogens is 3. The van der Waals surface area contributed by atoms with E-state index in [1.165, 1.54) is 6.92 Å². The summed E-state index contributed by atoms with van der Waals surface area (Å²) in [5, 5.41) is 20.5. The number of benzene rings is 1. The molecule has 0 radical (unpaired) electrons. The van der Waals surface area contributed by atoms with Crippen molar-refractivity contribution in [3.8, 4) is 6.07 Å². The van der Waals surface area contributed by atoms with Gasteiger partial charge < -0.3 is 10.4 Å². The van der Waals surface area contributed by atoms with Crippen molar-refractivity contribution in [1.82, 2.24) is 0 Å². The Morgan fingerprint density at radius 1 is 1.40 bits per heavy atom. The van der Waals surface area contributed by atoms with Crippen molar-refractivity contribution in [2.75, 3.05) is 5.32 Å². The predicted octanol–water partition coefficient (Wildman–Crippen LogP) is 3.10. The van der Waals surface area contributed by atoms with Crippen LogP contribution in [0.15, 0.2) is 18.2 Å². The molecule has 4 nitrogen and oxygen atoms in total. The van der Waals surface area contributed by atoms with Crippen molar-refractivity contribution in [2.24, 2.45) is 5.92 Å². The third-order valence-electron chi connectivity index (χ3n) is 2.99. The molecular formula is C13H13F3N2O2. The molecule has 0 aliphatic rings. The van der Waals surface area contributed by atoms with Gasteiger partial charge in [-0.15, -0.1) is 0 Å². The highest BCUT2D eigenvalue weighted by atomic mass is 19.4. The molecule has 0 saturated carbocycles. The minimum absolute atomic E-state index is 0.177. The molecule has 2 N–H and O–H groups in total. The molecule has 0 saturated heterocycles. The third-order valence-corrected chi connectivity index (χ3v) is 2.99. The summed E-state index contributed by atoms with van der Waals surface area (Å²) in [6.45, 7) is 3.05. The monoisotopic (exact) mass is 286 g/mol. The maximum Gasteiger partial charge on any atom is 0.416 e. The smallest absolute Gasteiger partial charge is 0.416 e. The molecule has 1 aromatic rings. The van der Waals surface area contributed by atoms with Crippen LogP contribution < -0.4 is 5.32 Å². The maximum absolute atomic E-state index is 12.5. The topological polar surface area (TPSA) is 73.1 Å². The Hall–Kier alpha value is -2.23. The molecule has 0 amide bonds. The summed E-state index contributed by atoms with van der Waals surface area (Å²) in [5.74, 6) is -1.78. The van der Waals surface area contributed by atoms with E-state index in [4.69, 9.17) is 10.4 Å². The zero-order valence-electron chi connectivity index (χ0n) is 10.8. The number of carboxylic acids is 1. The van der Waals surface area contributed by atoms with Crippen LogP contribution in [0.25, 0.3) is 0 Å². The number of aliphatic carboxylic acids is 1. The lowest BCUT2D eigenvalue weighted by Gasteiger charge is -2.20. The highest BCUT2D eigenvalue weighted by Crippen LogP contribution is 2.32. The number of alkyl halides is 3. The van der Waals surface area contributed by atoms with Crippen LogP contribution in [-0.4, -0.2) is 17.1 Å². The Bertz CT molecular complexity index is 550. The van der Waals surface area contributed by atoms with Crippen LogP contribution in [0.2, 0.25) is 0 Å². The van der Waals surface area contributed by atoms with Crippen LogP contribution in [0, 0.1) is 17.2 Å². The van der Waals surface area contributed by atoms with Gasteiger partial charge in [-0.25, -0.2) is 0 Å². The average Bonchev–Trinajstić information content (AvgIpc) is 2.36. The zero-order valence-corrected chi connectivity index (χ0v) is 10.8. The molecular weight excluding hydrogens is 273 g/mol. The second kappa shape index (κ2) is 5.82. The normalized spacial score (nSPS) is 14.2. The minimum atomic E-state index is -4.52. The van der Waals surface area contributed by atoms with Crippen molar-refractivity contribution in [3.05, 3.63) is 29.3 Å². The van der Waals surface area contributed by atoms with Gasteiger partial charge in [0.15, 0.2) is 0 Å². The Balaban J connectivity index is 3.03. The van der Waals surface area contributed by atoms with E-state index < -0.39 is 29.7 Å². The molecule has 0 fully saturated rings. The van der Waals surface area contributed by atoms with Crippen molar-refractivity contribution in [2.45, 2.75) is 26.1 Å². The molecule has 0 heterocycles. The van der Waals surface area contributed by atoms with Crippen LogP contribution in [0.4, 0.5) is 18.9 Å². The van der Waals surface area contributed by atoms with Gasteiger partial charge in [0.05, 0.1) is 22.7 Å². The van der Waals surface area contributed by atoms with E-state index in [0.29, 0.717) is 0 Å². The van der Waals surface area contributed by atoms with Crippen LogP contribution in [-0.2, 0) is 11.0 Å². The third kappa shape index (κ3) is 3.63. The fourth-order valence-corrected chi connectivity index (χ4v) is 1.52. The lowest BCUT2D eigenvalue weighted by molar-refractivity contribution is -0.141. The number of nitriles is 1. The number of hydrogen-bond acceptors (Lipinski definition) is 3. The lowest BCUT2D eigenvalue weighted by atomic mass is 10.0. The van der Waals surface area contributed by atoms with Gasteiger partial charge in [-0.05, 0) is 32.0 Å². The Morgan fingerprint density at radius 2 is 2.00 bits per heavy atom. The van der Waals surface area contributed by atoms with Gasteiger partial charge in [0.1, 0.15) is 6.07 Å². The molecule has 20 heavy (non-hydrogen) atoms. The van der Waals surface area contributed by atoms with Gasteiger partial charge in [-0.2, -0.15) is 18.4 Å². The maximum atomic E-state index is 12.5. The van der Waals surface area contributed by atoms with Crippen molar-refractivity contribution >= 4 is 11.7 Å². The predicted molar refractivity (Wildman–Crippen MR) is 66.0 cm³/mol. The molecule has 0 bridgehead atoms. The van der Waals surface area contributed by atoms with E-state index >= 15 is 0 Å². The molecule has 1 rings (SSSR count). The summed E-state index contributed by atoms with van der Waals surface area (Å²) in [7, 11) is 0. The summed E-state index contributed by atoms with van der Waals surface area (Å²) in [6, 6.07) is 3.86. The molecule has 0 aromatic heterocycles. The lowest BCUT2D eigenvalue weighted by Crippen LogP contribution is -2.30. The van der Waals surface area contributed by atoms with E-state index in [0.717, 1.165) is 18.2 Å². The minimum Gasteiger partial charge on any atom is -0.481 e. The van der Waals surface area contributed by atoms with Gasteiger partial charge in [0.25, 0.3) is 0 Å². The number of carboxylic acid groups (broad SMARTS) is 1. The molecule has 1 aromatic carbocycles. The molecule has 0 aliphatic carbocycles. The van der Waals surface area contributed by atoms with E-state index in [-0.39, 0.29) is 11.3 Å². The molecule has 108 valence electrons. The highest BCUT2D eigenvalue weighted by Gasteiger charge is 2.31. The SMILES string of the molecule is CC(Nc1ccc(C(F)(F)F)cc1C#N)C(C)C(=O)O. The van der Waals surface area contributed by atoms with Gasteiger partial charge in [0, 0.05) is 6.04 Å². The van der Waals surface area contributed by atoms with Crippen LogP contribution >= 0.6 is 0 Å². The fourth-order valence-electron chi connectivity index (χ4n) is 1.52. The van der Waals surface area contributed by atoms with Gasteiger partial charge in [-0.3, -0.25) is 4.79 Å². The second-order valence-corrected chi connectivity index (χ2v) is 4.43. The standard InChI is InChI=1S/C13H13F3N2O2/c1-7(12(19)20)8(2)18-11-4-3-10(13(14,15)16)5-9(11)6-17/h3-5,7-8,18H,1-2H3,(H,19,20). The quantitative estimate of drug-likeness (QED) is 0.892. The van der Waals surface area contributed by atoms with Gasteiger partial charge in [-0.1, -0.05) is 0 Å². The zero-order chi connectivity index (χ0) is 15.5. The first-order chi connectivity index (χ1) is 9.16. The number of carbonyl (C=O) groups is 1. The summed E-state index contributed by atoms with van der Waals surface area (Å²) in [6.07, 6.45) is -4.52. The van der Waals surface area contributed by atoms with Crippen LogP contribution in [0.3, 0.4) is 0 Å². The Morgan fingerprint density at radius 3 is 2.45 bits per heavy atom. The van der Waals surface area contributed by atoms with Crippen molar-refractivity contribution in [3.63, 3.8) is 0 Å². The molecule has 2 unspecified atom stereocenters. The molecule has 0 aliphatic heterocycles. The van der Waals surface area contributed by atoms with Gasteiger partial charge in [0.2, 0.25) is 0 Å². The van der Waals surface area contributed by atoms with Crippen molar-refractivity contribution < 1.29 is 23.1 Å². The number of nitrogens with one attached hydrogen (secondary N) is 1. The van der Waals surface area contributed by atoms with Crippen LogP contribution in [0.5, 0.6) is 0 Å². The number of rotatable bonds is 4. The molecule has 7 heteroatoms. The Kier molecular flexibility index (Phi) is 4.61. The summed E-state index contributed by atoms with van der Waals surface area (Å²) < 4.78 is 37.6. The van der Waals surface area contributed by atoms with Crippen LogP contribution in [0.1, 0.15) is 25.0 Å². The molecule has 0 spiro atoms. The molecule has 2 atom stereocenters. The number of nitrogens with zero attached hydrogens (tertiary/aromatic N) is 1. The summed E-state index contributed by atoms with van der Waals surface area (Å²) >= 11 is 0. The highest BCUT2D eigenvalue weighted by molar-refractivity contribution is 5.71. The number of anilines is 1. The number of hydrogen-bond donors (Lipinski definition) is 2. The van der Waals surface area contributed by atoms with Crippen molar-refractivity contribution in [1.29, 1.82) is 5.26 Å². The fraction of sp³-hybridized carbons (Fsp3) is 0.385. The largest absolute Gasteiger partial charge is 0.481 e. The Labute approximate surface area is 113 Å². The average molecular weight is 286 g/mol. The first kappa shape index (κ1) is 15.8. The van der Waals surface area contributed by atoms with Gasteiger partial charge >= 0.3 is 12.1 Å².